The van der Waals surface area contributed by atoms with E-state index in [2.05, 4.69) is 0 Å². The molecule has 3 aliphatic heterocycles. The van der Waals surface area contributed by atoms with Gasteiger partial charge in [0.05, 0.1) is 30.8 Å². The van der Waals surface area contributed by atoms with Crippen LogP contribution < -0.4 is 0 Å². The fraction of sp³-hybridized carbons (Fsp3) is 0.786. The molecular formula is C42H67NO15. The number of esters is 3. The van der Waals surface area contributed by atoms with Crippen LogP contribution in [-0.2, 0) is 61.9 Å². The van der Waals surface area contributed by atoms with E-state index < -0.39 is 115 Å². The van der Waals surface area contributed by atoms with Gasteiger partial charge in [0.25, 0.3) is 0 Å². The van der Waals surface area contributed by atoms with Gasteiger partial charge < -0.3 is 57.8 Å². The summed E-state index contributed by atoms with van der Waals surface area (Å²) < 4.78 is 48.6. The molecule has 3 rings (SSSR count). The number of carbonyl (C=O) groups is 5. The number of carbonyl (C=O) groups excluding carboxylic acids is 5. The highest BCUT2D eigenvalue weighted by Gasteiger charge is 2.53. The van der Waals surface area contributed by atoms with Crippen LogP contribution in [0.1, 0.15) is 99.8 Å². The lowest BCUT2D eigenvalue weighted by Crippen LogP contribution is -2.66. The molecule has 15 atom stereocenters. The molecule has 0 aromatic rings. The van der Waals surface area contributed by atoms with Gasteiger partial charge in [-0.2, -0.15) is 0 Å². The minimum Gasteiger partial charge on any atom is -0.462 e. The lowest BCUT2D eigenvalue weighted by molar-refractivity contribution is -0.344. The van der Waals surface area contributed by atoms with Crippen LogP contribution in [0.4, 0.5) is 0 Å². The van der Waals surface area contributed by atoms with Gasteiger partial charge in [-0.25, -0.2) is 0 Å². The van der Waals surface area contributed by atoms with Gasteiger partial charge in [0.1, 0.15) is 42.4 Å². The summed E-state index contributed by atoms with van der Waals surface area (Å²) in [5.74, 6) is -3.28. The maximum absolute atomic E-state index is 13.3. The first-order valence-corrected chi connectivity index (χ1v) is 20.5. The van der Waals surface area contributed by atoms with E-state index in [1.54, 1.807) is 78.8 Å². The molecule has 15 unspecified atom stereocenters. The Morgan fingerprint density at radius 1 is 0.983 bits per heavy atom. The molecule has 0 amide bonds. The van der Waals surface area contributed by atoms with Crippen LogP contribution in [0.3, 0.4) is 0 Å². The summed E-state index contributed by atoms with van der Waals surface area (Å²) in [7, 11) is 4.83. The number of aliphatic hydroxyl groups is 2. The molecule has 0 saturated carbocycles. The van der Waals surface area contributed by atoms with Crippen molar-refractivity contribution in [2.45, 2.75) is 179 Å². The number of ether oxygens (including phenoxy) is 8. The van der Waals surface area contributed by atoms with E-state index >= 15 is 0 Å². The number of hydrogen-bond acceptors (Lipinski definition) is 16. The molecule has 0 aromatic heterocycles. The molecular weight excluding hydrogens is 758 g/mol. The third-order valence-electron chi connectivity index (χ3n) is 10.9. The van der Waals surface area contributed by atoms with Crippen LogP contribution in [0.15, 0.2) is 24.3 Å². The predicted octanol–water partition coefficient (Wildman–Crippen LogP) is 3.37. The maximum atomic E-state index is 13.3. The molecule has 0 radical (unpaired) electrons. The van der Waals surface area contributed by atoms with Gasteiger partial charge in [-0.3, -0.25) is 19.2 Å². The third kappa shape index (κ3) is 13.7. The summed E-state index contributed by atoms with van der Waals surface area (Å²) in [4.78, 5) is 65.7. The fourth-order valence-corrected chi connectivity index (χ4v) is 7.90. The van der Waals surface area contributed by atoms with Gasteiger partial charge in [0.15, 0.2) is 24.5 Å². The van der Waals surface area contributed by atoms with Crippen LogP contribution in [-0.4, -0.2) is 145 Å². The number of likely N-dealkylation sites (N-methyl/N-ethyl adjacent to an activating group) is 1. The average molecular weight is 826 g/mol. The number of ketones is 1. The van der Waals surface area contributed by atoms with Gasteiger partial charge in [-0.1, -0.05) is 39.0 Å². The molecule has 16 heteroatoms. The molecule has 0 aliphatic carbocycles. The molecule has 0 bridgehead atoms. The fourth-order valence-electron chi connectivity index (χ4n) is 7.90. The minimum atomic E-state index is -1.50. The normalized spacial score (nSPS) is 39.3. The highest BCUT2D eigenvalue weighted by atomic mass is 16.7. The Labute approximate surface area is 342 Å². The zero-order valence-corrected chi connectivity index (χ0v) is 35.8. The number of rotatable bonds is 13. The van der Waals surface area contributed by atoms with Gasteiger partial charge in [-0.15, -0.1) is 0 Å². The summed E-state index contributed by atoms with van der Waals surface area (Å²) in [6.45, 7) is 11.9. The first kappa shape index (κ1) is 49.3. The third-order valence-corrected chi connectivity index (χ3v) is 10.9. The second-order valence-corrected chi connectivity index (χ2v) is 16.2. The van der Waals surface area contributed by atoms with Gasteiger partial charge in [-0.05, 0) is 66.6 Å². The van der Waals surface area contributed by atoms with E-state index in [9.17, 15) is 34.2 Å². The molecule has 3 heterocycles. The topological polar surface area (TPSA) is 203 Å². The number of cyclic esters (lactones) is 1. The van der Waals surface area contributed by atoms with Gasteiger partial charge >= 0.3 is 17.9 Å². The Bertz CT molecular complexity index is 1420. The number of nitrogens with zero attached hydrogens (tertiary/aromatic N) is 1. The molecule has 2 N–H and O–H groups in total. The van der Waals surface area contributed by atoms with Crippen molar-refractivity contribution in [2.24, 2.45) is 11.8 Å². The Kier molecular flexibility index (Phi) is 19.6. The van der Waals surface area contributed by atoms with Gasteiger partial charge in [0.2, 0.25) is 0 Å². The number of aldehydes is 1. The number of aliphatic hydroxyl groups excluding tert-OH is 1. The molecule has 2 saturated heterocycles. The van der Waals surface area contributed by atoms with Crippen molar-refractivity contribution >= 4 is 30.0 Å². The van der Waals surface area contributed by atoms with Crippen LogP contribution in [0.2, 0.25) is 0 Å². The number of methoxy groups -OCH3 is 1. The lowest BCUT2D eigenvalue weighted by atomic mass is 9.83. The first-order chi connectivity index (χ1) is 27.4. The van der Waals surface area contributed by atoms with Crippen molar-refractivity contribution in [3.8, 4) is 0 Å². The molecule has 330 valence electrons. The Balaban J connectivity index is 2.00. The molecule has 58 heavy (non-hydrogen) atoms. The predicted molar refractivity (Wildman–Crippen MR) is 209 cm³/mol. The molecule has 0 spiro atoms. The summed E-state index contributed by atoms with van der Waals surface area (Å²) in [6, 6.07) is -0.793. The van der Waals surface area contributed by atoms with Crippen molar-refractivity contribution in [1.29, 1.82) is 0 Å². The van der Waals surface area contributed by atoms with Crippen molar-refractivity contribution in [3.05, 3.63) is 24.3 Å². The quantitative estimate of drug-likeness (QED) is 0.155. The van der Waals surface area contributed by atoms with Crippen molar-refractivity contribution in [2.75, 3.05) is 21.2 Å². The Hall–Kier alpha value is -3.09. The maximum Gasteiger partial charge on any atom is 0.309 e. The molecule has 2 fully saturated rings. The minimum absolute atomic E-state index is 0.0121. The summed E-state index contributed by atoms with van der Waals surface area (Å²) >= 11 is 0. The van der Waals surface area contributed by atoms with Gasteiger partial charge in [0, 0.05) is 45.1 Å². The average Bonchev–Trinajstić information content (AvgIpc) is 3.13. The Morgan fingerprint density at radius 3 is 2.29 bits per heavy atom. The second-order valence-electron chi connectivity index (χ2n) is 16.2. The van der Waals surface area contributed by atoms with Crippen LogP contribution in [0.5, 0.6) is 0 Å². The standard InChI is InChI=1S/C42H67NO15/c1-11-16-32(47)56-40-27(6)53-34(23-42(40,7)50)57-37-26(5)54-41(36(49)35(37)43(8)9)58-38-28(19-20-44)21-24(3)29(45)18-15-13-14-17-25(4)52-33(48)22-30(39(38)51-10)55-31(46)12-2/h13-15,18,20,24-28,30,34-41,49-50H,11-12,16-17,19,21-23H2,1-10H3/b14-13+,18-15+. The SMILES string of the molecule is CCCC(=O)OC1C(C)OC(OC2C(C)OC(OC3C(CC=O)CC(C)C(=O)/C=C/C=C/CC(C)OC(=O)CC(OC(=O)CC)C3OC)C(O)C2N(C)C)CC1(C)O. The monoisotopic (exact) mass is 825 g/mol. The van der Waals surface area contributed by atoms with E-state index in [0.717, 1.165) is 0 Å². The number of allylic oxidation sites excluding steroid dienone is 3. The van der Waals surface area contributed by atoms with Crippen LogP contribution in [0, 0.1) is 11.8 Å². The first-order valence-electron chi connectivity index (χ1n) is 20.5. The summed E-state index contributed by atoms with van der Waals surface area (Å²) in [5, 5.41) is 23.5. The largest absolute Gasteiger partial charge is 0.462 e. The summed E-state index contributed by atoms with van der Waals surface area (Å²) in [6.07, 6.45) is -3.34. The summed E-state index contributed by atoms with van der Waals surface area (Å²) in [5.41, 5.74) is -1.50. The highest BCUT2D eigenvalue weighted by Crippen LogP contribution is 2.37. The van der Waals surface area contributed by atoms with E-state index in [1.807, 2.05) is 6.92 Å². The van der Waals surface area contributed by atoms with Crippen molar-refractivity contribution < 1.29 is 72.1 Å². The zero-order valence-electron chi connectivity index (χ0n) is 35.8. The van der Waals surface area contributed by atoms with Crippen molar-refractivity contribution in [3.63, 3.8) is 0 Å². The zero-order chi connectivity index (χ0) is 43.3. The molecule has 16 nitrogen and oxygen atoms in total. The Morgan fingerprint density at radius 2 is 1.69 bits per heavy atom. The second kappa shape index (κ2) is 23.1. The number of hydrogen-bond donors (Lipinski definition) is 2. The molecule has 3 aliphatic rings. The van der Waals surface area contributed by atoms with Crippen molar-refractivity contribution in [1.82, 2.24) is 4.90 Å². The smallest absolute Gasteiger partial charge is 0.309 e. The highest BCUT2D eigenvalue weighted by molar-refractivity contribution is 5.91. The molecule has 0 aromatic carbocycles. The van der Waals surface area contributed by atoms with E-state index in [4.69, 9.17) is 37.9 Å². The van der Waals surface area contributed by atoms with Crippen LogP contribution >= 0.6 is 0 Å². The van der Waals surface area contributed by atoms with E-state index in [0.29, 0.717) is 19.1 Å². The van der Waals surface area contributed by atoms with E-state index in [1.165, 1.54) is 13.2 Å². The van der Waals surface area contributed by atoms with Crippen LogP contribution in [0.25, 0.3) is 0 Å². The van der Waals surface area contributed by atoms with E-state index in [-0.39, 0.29) is 37.9 Å². The lowest BCUT2D eigenvalue weighted by Gasteiger charge is -2.50.